The van der Waals surface area contributed by atoms with Crippen molar-refractivity contribution in [3.63, 3.8) is 0 Å². The van der Waals surface area contributed by atoms with E-state index in [1.807, 2.05) is 30.4 Å². The number of amides is 2. The monoisotopic (exact) mass is 535 g/mol. The first kappa shape index (κ1) is 25.8. The average molecular weight is 536 g/mol. The van der Waals surface area contributed by atoms with Crippen molar-refractivity contribution in [3.05, 3.63) is 58.2 Å². The zero-order valence-corrected chi connectivity index (χ0v) is 21.2. The molecular weight excluding hydrogens is 511 g/mol. The number of likely N-dealkylation sites (N-methyl/N-ethyl adjacent to an activating group) is 1. The number of thiazole rings is 1. The molecule has 0 aliphatic rings. The Morgan fingerprint density at radius 1 is 1.08 bits per heavy atom. The summed E-state index contributed by atoms with van der Waals surface area (Å²) >= 11 is 2.86. The van der Waals surface area contributed by atoms with Crippen molar-refractivity contribution in [2.24, 2.45) is 0 Å². The largest absolute Gasteiger partial charge is 0.416 e. The van der Waals surface area contributed by atoms with E-state index in [1.165, 1.54) is 23.7 Å². The summed E-state index contributed by atoms with van der Waals surface area (Å²) in [5.74, 6) is 0.767. The molecule has 0 spiro atoms. The number of halogens is 3. The van der Waals surface area contributed by atoms with Crippen LogP contribution < -0.4 is 16.0 Å². The second kappa shape index (κ2) is 11.2. The van der Waals surface area contributed by atoms with Crippen LogP contribution in [0.1, 0.15) is 16.0 Å². The van der Waals surface area contributed by atoms with Crippen molar-refractivity contribution in [3.8, 4) is 0 Å². The number of carbonyl (C=O) groups is 1. The highest BCUT2D eigenvalue weighted by molar-refractivity contribution is 7.17. The van der Waals surface area contributed by atoms with Gasteiger partial charge in [0.25, 0.3) is 0 Å². The average Bonchev–Trinajstić information content (AvgIpc) is 3.47. The van der Waals surface area contributed by atoms with Crippen LogP contribution in [0.2, 0.25) is 0 Å². The van der Waals surface area contributed by atoms with E-state index in [-0.39, 0.29) is 5.69 Å². The number of nitrogens with one attached hydrogen (secondary N) is 3. The Morgan fingerprint density at radius 2 is 1.92 bits per heavy atom. The van der Waals surface area contributed by atoms with Gasteiger partial charge in [0, 0.05) is 36.3 Å². The zero-order valence-electron chi connectivity index (χ0n) is 19.5. The van der Waals surface area contributed by atoms with Crippen LogP contribution in [-0.2, 0) is 19.0 Å². The Morgan fingerprint density at radius 3 is 2.69 bits per heavy atom. The molecule has 3 N–H and O–H groups in total. The molecule has 0 atom stereocenters. The van der Waals surface area contributed by atoms with E-state index in [9.17, 15) is 18.0 Å². The van der Waals surface area contributed by atoms with Gasteiger partial charge < -0.3 is 15.5 Å². The molecule has 0 saturated carbocycles. The topological polar surface area (TPSA) is 95.1 Å². The Hall–Kier alpha value is -3.29. The summed E-state index contributed by atoms with van der Waals surface area (Å²) in [4.78, 5) is 28.1. The summed E-state index contributed by atoms with van der Waals surface area (Å²) < 4.78 is 40.6. The highest BCUT2D eigenvalue weighted by Gasteiger charge is 2.31. The second-order valence-corrected chi connectivity index (χ2v) is 10.2. The first-order chi connectivity index (χ1) is 17.2. The number of carbonyl (C=O) groups excluding carboxylic acids is 1. The van der Waals surface area contributed by atoms with Crippen molar-refractivity contribution in [1.82, 2.24) is 19.9 Å². The fraction of sp³-hybridized carbons (Fsp3) is 0.304. The first-order valence-corrected chi connectivity index (χ1v) is 12.7. The lowest BCUT2D eigenvalue weighted by molar-refractivity contribution is -0.137. The third kappa shape index (κ3) is 6.68. The number of hydrogen-bond donors (Lipinski definition) is 3. The Balaban J connectivity index is 1.36. The number of alkyl halides is 3. The van der Waals surface area contributed by atoms with Gasteiger partial charge in [0.15, 0.2) is 5.13 Å². The lowest BCUT2D eigenvalue weighted by Gasteiger charge is -2.16. The van der Waals surface area contributed by atoms with Crippen LogP contribution in [0.15, 0.2) is 42.2 Å². The van der Waals surface area contributed by atoms with E-state index in [2.05, 4.69) is 30.9 Å². The van der Waals surface area contributed by atoms with Gasteiger partial charge in [-0.3, -0.25) is 5.32 Å². The quantitative estimate of drug-likeness (QED) is 0.259. The molecule has 4 aromatic rings. The smallest absolute Gasteiger partial charge is 0.368 e. The van der Waals surface area contributed by atoms with Crippen LogP contribution in [0.3, 0.4) is 0 Å². The summed E-state index contributed by atoms with van der Waals surface area (Å²) in [5.41, 5.74) is 0.801. The fourth-order valence-corrected chi connectivity index (χ4v) is 5.00. The van der Waals surface area contributed by atoms with E-state index < -0.39 is 17.8 Å². The molecule has 13 heteroatoms. The molecule has 0 aliphatic carbocycles. The van der Waals surface area contributed by atoms with E-state index in [1.54, 1.807) is 17.5 Å². The highest BCUT2D eigenvalue weighted by Crippen LogP contribution is 2.32. The second-order valence-electron chi connectivity index (χ2n) is 8.17. The minimum absolute atomic E-state index is 0.120. The molecule has 0 unspecified atom stereocenters. The Bertz CT molecular complexity index is 1340. The van der Waals surface area contributed by atoms with Gasteiger partial charge in [-0.25, -0.2) is 19.7 Å². The van der Waals surface area contributed by atoms with Crippen LogP contribution in [0.4, 0.5) is 34.6 Å². The zero-order chi connectivity index (χ0) is 25.7. The number of urea groups is 1. The van der Waals surface area contributed by atoms with E-state index in [0.29, 0.717) is 36.6 Å². The van der Waals surface area contributed by atoms with Gasteiger partial charge >= 0.3 is 12.2 Å². The summed E-state index contributed by atoms with van der Waals surface area (Å²) in [6.07, 6.45) is -0.192. The standard InChI is InChI=1S/C23H24F3N7OS2/c1-33(2)9-6-14-3-4-15(23(24,25)26)11-18(14)31-21(34)32-22-28-12-16(36-22)5-8-27-20-19-17(7-10-35-19)29-13-30-20/h3-4,7,10-13H,5-6,8-9H2,1-2H3,(H,27,29,30)(H2,28,31,32,34). The van der Waals surface area contributed by atoms with Crippen molar-refractivity contribution < 1.29 is 18.0 Å². The molecule has 0 bridgehead atoms. The first-order valence-electron chi connectivity index (χ1n) is 11.0. The van der Waals surface area contributed by atoms with Gasteiger partial charge in [-0.15, -0.1) is 22.7 Å². The lowest BCUT2D eigenvalue weighted by atomic mass is 10.1. The lowest BCUT2D eigenvalue weighted by Crippen LogP contribution is -2.22. The number of anilines is 3. The molecule has 1 aromatic carbocycles. The maximum absolute atomic E-state index is 13.2. The molecule has 8 nitrogen and oxygen atoms in total. The van der Waals surface area contributed by atoms with Crippen molar-refractivity contribution >= 4 is 55.6 Å². The minimum atomic E-state index is -4.51. The molecule has 0 radical (unpaired) electrons. The van der Waals surface area contributed by atoms with Crippen molar-refractivity contribution in [1.29, 1.82) is 0 Å². The predicted molar refractivity (Wildman–Crippen MR) is 138 cm³/mol. The maximum atomic E-state index is 13.2. The van der Waals surface area contributed by atoms with Gasteiger partial charge in [0.2, 0.25) is 0 Å². The minimum Gasteiger partial charge on any atom is -0.368 e. The summed E-state index contributed by atoms with van der Waals surface area (Å²) in [7, 11) is 3.74. The van der Waals surface area contributed by atoms with Crippen LogP contribution in [0, 0.1) is 0 Å². The number of hydrogen-bond acceptors (Lipinski definition) is 8. The van der Waals surface area contributed by atoms with Crippen molar-refractivity contribution in [2.45, 2.75) is 19.0 Å². The molecule has 0 fully saturated rings. The number of aromatic nitrogens is 3. The van der Waals surface area contributed by atoms with E-state index >= 15 is 0 Å². The molecule has 3 aromatic heterocycles. The molecule has 2 amide bonds. The summed E-state index contributed by atoms with van der Waals surface area (Å²) in [5, 5.41) is 10.8. The molecule has 0 aliphatic heterocycles. The van der Waals surface area contributed by atoms with E-state index in [0.717, 1.165) is 33.0 Å². The predicted octanol–water partition coefficient (Wildman–Crippen LogP) is 5.57. The van der Waals surface area contributed by atoms with Gasteiger partial charge in [-0.2, -0.15) is 13.2 Å². The Kier molecular flexibility index (Phi) is 8.01. The number of rotatable bonds is 9. The van der Waals surface area contributed by atoms with Crippen LogP contribution >= 0.6 is 22.7 Å². The Labute approximate surface area is 213 Å². The maximum Gasteiger partial charge on any atom is 0.416 e. The van der Waals surface area contributed by atoms with E-state index in [4.69, 9.17) is 0 Å². The number of benzene rings is 1. The van der Waals surface area contributed by atoms with Crippen LogP contribution in [-0.4, -0.2) is 53.1 Å². The molecule has 36 heavy (non-hydrogen) atoms. The van der Waals surface area contributed by atoms with Gasteiger partial charge in [-0.05, 0) is 49.7 Å². The fourth-order valence-electron chi connectivity index (χ4n) is 3.38. The number of fused-ring (bicyclic) bond motifs is 1. The van der Waals surface area contributed by atoms with Crippen molar-refractivity contribution in [2.75, 3.05) is 43.1 Å². The van der Waals surface area contributed by atoms with Crippen LogP contribution in [0.25, 0.3) is 10.2 Å². The third-order valence-corrected chi connectivity index (χ3v) is 7.08. The molecule has 0 saturated heterocycles. The SMILES string of the molecule is CN(C)CCc1ccc(C(F)(F)F)cc1NC(=O)Nc1ncc(CCNc2ncnc3ccsc23)s1. The summed E-state index contributed by atoms with van der Waals surface area (Å²) in [6.45, 7) is 1.23. The van der Waals surface area contributed by atoms with Crippen LogP contribution in [0.5, 0.6) is 0 Å². The normalized spacial score (nSPS) is 11.7. The molecule has 190 valence electrons. The molecular formula is C23H24F3N7OS2. The summed E-state index contributed by atoms with van der Waals surface area (Å²) in [6, 6.07) is 4.67. The van der Waals surface area contributed by atoms with Gasteiger partial charge in [0.1, 0.15) is 12.1 Å². The highest BCUT2D eigenvalue weighted by atomic mass is 32.1. The number of thiophene rings is 1. The number of nitrogens with zero attached hydrogens (tertiary/aromatic N) is 4. The molecule has 3 heterocycles. The van der Waals surface area contributed by atoms with Gasteiger partial charge in [0.05, 0.1) is 15.8 Å². The third-order valence-electron chi connectivity index (χ3n) is 5.19. The van der Waals surface area contributed by atoms with Gasteiger partial charge in [-0.1, -0.05) is 6.07 Å². The molecule has 4 rings (SSSR count).